The van der Waals surface area contributed by atoms with Gasteiger partial charge in [-0.3, -0.25) is 4.98 Å². The second-order valence-corrected chi connectivity index (χ2v) is 11.1. The number of ether oxygens (including phenoxy) is 2. The second kappa shape index (κ2) is 13.3. The number of pyridine rings is 1. The number of rotatable bonds is 10. The molecule has 0 fully saturated rings. The quantitative estimate of drug-likeness (QED) is 0.209. The summed E-state index contributed by atoms with van der Waals surface area (Å²) in [6, 6.07) is 25.1. The maximum Gasteiger partial charge on any atom is 0.410 e. The molecule has 0 radical (unpaired) electrons. The first-order valence-electron chi connectivity index (χ1n) is 13.8. The van der Waals surface area contributed by atoms with Gasteiger partial charge in [0.1, 0.15) is 22.7 Å². The van der Waals surface area contributed by atoms with Crippen molar-refractivity contribution in [2.45, 2.75) is 51.9 Å². The molecule has 0 saturated carbocycles. The van der Waals surface area contributed by atoms with Crippen LogP contribution in [0.2, 0.25) is 0 Å². The van der Waals surface area contributed by atoms with E-state index in [1.54, 1.807) is 53.7 Å². The Labute approximate surface area is 246 Å². The molecule has 4 rings (SSSR count). The summed E-state index contributed by atoms with van der Waals surface area (Å²) in [6.45, 7) is 7.40. The predicted molar refractivity (Wildman–Crippen MR) is 161 cm³/mol. The maximum atomic E-state index is 13.2. The number of para-hydroxylation sites is 1. The van der Waals surface area contributed by atoms with Gasteiger partial charge in [-0.05, 0) is 81.1 Å². The van der Waals surface area contributed by atoms with E-state index in [4.69, 9.17) is 9.47 Å². The number of benzene rings is 3. The summed E-state index contributed by atoms with van der Waals surface area (Å²) in [5.74, 6) is -0.270. The second-order valence-electron chi connectivity index (χ2n) is 11.1. The molecule has 1 aromatic heterocycles. The molecule has 0 spiro atoms. The van der Waals surface area contributed by atoms with Crippen molar-refractivity contribution in [2.75, 3.05) is 6.54 Å². The zero-order chi connectivity index (χ0) is 30.3. The lowest BCUT2D eigenvalue weighted by molar-refractivity contribution is 0.00542. The Morgan fingerprint density at radius 1 is 0.929 bits per heavy atom. The van der Waals surface area contributed by atoms with E-state index in [0.717, 1.165) is 16.7 Å². The van der Waals surface area contributed by atoms with Gasteiger partial charge in [0.05, 0.1) is 12.6 Å². The van der Waals surface area contributed by atoms with Crippen molar-refractivity contribution < 1.29 is 29.3 Å². The molecule has 4 aromatic rings. The fourth-order valence-electron chi connectivity index (χ4n) is 4.48. The highest BCUT2D eigenvalue weighted by molar-refractivity contribution is 5.92. The van der Waals surface area contributed by atoms with Gasteiger partial charge in [-0.1, -0.05) is 54.6 Å². The van der Waals surface area contributed by atoms with E-state index in [-0.39, 0.29) is 23.9 Å². The van der Waals surface area contributed by atoms with Gasteiger partial charge in [-0.15, -0.1) is 0 Å². The summed E-state index contributed by atoms with van der Waals surface area (Å²) < 4.78 is 11.6. The third-order valence-electron chi connectivity index (χ3n) is 6.60. The van der Waals surface area contributed by atoms with Crippen LogP contribution >= 0.6 is 0 Å². The highest BCUT2D eigenvalue weighted by Gasteiger charge is 2.28. The van der Waals surface area contributed by atoms with Crippen molar-refractivity contribution in [3.63, 3.8) is 0 Å². The van der Waals surface area contributed by atoms with Crippen LogP contribution in [-0.2, 0) is 11.2 Å². The Balaban J connectivity index is 1.52. The van der Waals surface area contributed by atoms with Gasteiger partial charge in [0.2, 0.25) is 0 Å². The lowest BCUT2D eigenvalue weighted by atomic mass is 9.99. The van der Waals surface area contributed by atoms with Crippen molar-refractivity contribution in [2.24, 2.45) is 0 Å². The molecule has 2 N–H and O–H groups in total. The molecule has 0 aliphatic carbocycles. The molecule has 0 aliphatic heterocycles. The first-order chi connectivity index (χ1) is 20.0. The molecular formula is C34H36N2O6. The number of nitrogens with zero attached hydrogens (tertiary/aromatic N) is 2. The van der Waals surface area contributed by atoms with E-state index in [1.807, 2.05) is 70.2 Å². The fraction of sp³-hybridized carbons (Fsp3) is 0.265. The van der Waals surface area contributed by atoms with Crippen molar-refractivity contribution in [3.05, 3.63) is 114 Å². The molecule has 0 bridgehead atoms. The number of carboxylic acids is 1. The van der Waals surface area contributed by atoms with Crippen LogP contribution in [0.15, 0.2) is 97.3 Å². The van der Waals surface area contributed by atoms with Crippen LogP contribution in [0.1, 0.15) is 55.3 Å². The van der Waals surface area contributed by atoms with Gasteiger partial charge in [0.25, 0.3) is 0 Å². The Bertz CT molecular complexity index is 1480. The fourth-order valence-corrected chi connectivity index (χ4v) is 4.48. The average Bonchev–Trinajstić information content (AvgIpc) is 2.96. The molecule has 8 heteroatoms. The summed E-state index contributed by atoms with van der Waals surface area (Å²) in [5, 5.41) is 20.5. The van der Waals surface area contributed by atoms with Crippen LogP contribution in [0, 0.1) is 0 Å². The lowest BCUT2D eigenvalue weighted by Gasteiger charge is -2.33. The number of aromatic carboxylic acids is 1. The van der Waals surface area contributed by atoms with E-state index in [2.05, 4.69) is 4.98 Å². The van der Waals surface area contributed by atoms with Crippen LogP contribution in [-0.4, -0.2) is 50.3 Å². The Morgan fingerprint density at radius 3 is 2.24 bits per heavy atom. The molecule has 42 heavy (non-hydrogen) atoms. The van der Waals surface area contributed by atoms with Crippen LogP contribution in [0.25, 0.3) is 11.1 Å². The number of aliphatic hydroxyl groups excluding tert-OH is 1. The number of carbonyl (C=O) groups excluding carboxylic acids is 1. The Kier molecular flexibility index (Phi) is 9.60. The van der Waals surface area contributed by atoms with Gasteiger partial charge >= 0.3 is 12.1 Å². The number of carbonyl (C=O) groups is 2. The molecule has 1 amide bonds. The Morgan fingerprint density at radius 2 is 1.62 bits per heavy atom. The number of carboxylic acid groups (broad SMARTS) is 1. The molecule has 3 aromatic carbocycles. The van der Waals surface area contributed by atoms with Crippen LogP contribution in [0.5, 0.6) is 11.5 Å². The van der Waals surface area contributed by atoms with Crippen molar-refractivity contribution in [1.29, 1.82) is 0 Å². The van der Waals surface area contributed by atoms with Crippen molar-refractivity contribution >= 4 is 12.1 Å². The third kappa shape index (κ3) is 8.17. The summed E-state index contributed by atoms with van der Waals surface area (Å²) in [5.41, 5.74) is 2.68. The molecular weight excluding hydrogens is 532 g/mol. The monoisotopic (exact) mass is 568 g/mol. The summed E-state index contributed by atoms with van der Waals surface area (Å²) in [4.78, 5) is 30.6. The number of amides is 1. The van der Waals surface area contributed by atoms with E-state index in [0.29, 0.717) is 17.7 Å². The van der Waals surface area contributed by atoms with Crippen LogP contribution < -0.4 is 4.74 Å². The number of hydrogen-bond acceptors (Lipinski definition) is 6. The largest absolute Gasteiger partial charge is 0.478 e. The van der Waals surface area contributed by atoms with Gasteiger partial charge in [-0.2, -0.15) is 0 Å². The zero-order valence-electron chi connectivity index (χ0n) is 24.2. The van der Waals surface area contributed by atoms with Gasteiger partial charge in [0.15, 0.2) is 0 Å². The van der Waals surface area contributed by atoms with Crippen LogP contribution in [0.3, 0.4) is 0 Å². The first-order valence-corrected chi connectivity index (χ1v) is 13.8. The summed E-state index contributed by atoms with van der Waals surface area (Å²) in [7, 11) is 0. The summed E-state index contributed by atoms with van der Waals surface area (Å²) in [6.07, 6.45) is 2.32. The van der Waals surface area contributed by atoms with E-state index in [9.17, 15) is 19.8 Å². The lowest BCUT2D eigenvalue weighted by Crippen LogP contribution is -2.45. The zero-order valence-corrected chi connectivity index (χ0v) is 24.2. The van der Waals surface area contributed by atoms with Crippen LogP contribution in [0.4, 0.5) is 4.79 Å². The SMILES string of the molecule is C[C@H](Cc1ccc(-c2ccc(C(=O)O)c(Oc3ccccc3)c2)cc1)N(C[C@H](O)c1cccnc1)C(=O)OC(C)(C)C. The minimum absolute atomic E-state index is 0.0555. The molecule has 0 aliphatic rings. The van der Waals surface area contributed by atoms with E-state index >= 15 is 0 Å². The summed E-state index contributed by atoms with van der Waals surface area (Å²) >= 11 is 0. The topological polar surface area (TPSA) is 109 Å². The smallest absolute Gasteiger partial charge is 0.410 e. The number of aliphatic hydroxyl groups is 1. The molecule has 1 heterocycles. The van der Waals surface area contributed by atoms with E-state index < -0.39 is 23.8 Å². The highest BCUT2D eigenvalue weighted by atomic mass is 16.6. The molecule has 0 unspecified atom stereocenters. The Hall–Kier alpha value is -4.69. The van der Waals surface area contributed by atoms with Crippen molar-refractivity contribution in [3.8, 4) is 22.6 Å². The van der Waals surface area contributed by atoms with Gasteiger partial charge in [0, 0.05) is 24.0 Å². The predicted octanol–water partition coefficient (Wildman–Crippen LogP) is 7.14. The van der Waals surface area contributed by atoms with Crippen molar-refractivity contribution in [1.82, 2.24) is 9.88 Å². The highest BCUT2D eigenvalue weighted by Crippen LogP contribution is 2.31. The molecule has 8 nitrogen and oxygen atoms in total. The normalized spacial score (nSPS) is 12.7. The number of hydrogen-bond donors (Lipinski definition) is 2. The third-order valence-corrected chi connectivity index (χ3v) is 6.60. The maximum absolute atomic E-state index is 13.2. The van der Waals surface area contributed by atoms with Gasteiger partial charge < -0.3 is 24.6 Å². The van der Waals surface area contributed by atoms with Gasteiger partial charge in [-0.25, -0.2) is 9.59 Å². The first kappa shape index (κ1) is 30.3. The van der Waals surface area contributed by atoms with E-state index in [1.165, 1.54) is 6.07 Å². The minimum atomic E-state index is -1.07. The standard InChI is InChI=1S/C34H36N2O6/c1-23(36(33(40)42-34(2,3)4)22-30(37)27-9-8-18-35-21-27)19-24-12-14-25(15-13-24)26-16-17-29(32(38)39)31(20-26)41-28-10-6-5-7-11-28/h5-18,20-21,23,30,37H,19,22H2,1-4H3,(H,38,39)/t23-,30+/m1/s1. The molecule has 2 atom stereocenters. The average molecular weight is 569 g/mol. The molecule has 218 valence electrons. The minimum Gasteiger partial charge on any atom is -0.478 e. The molecule has 0 saturated heterocycles. The number of aromatic nitrogens is 1.